The Hall–Kier alpha value is -1.27. The fourth-order valence-corrected chi connectivity index (χ4v) is 6.61. The highest BCUT2D eigenvalue weighted by atomic mass is 32.2. The van der Waals surface area contributed by atoms with Crippen LogP contribution in [-0.2, 0) is 16.5 Å². The van der Waals surface area contributed by atoms with Crippen LogP contribution >= 0.6 is 0 Å². The molecule has 1 aliphatic rings. The Morgan fingerprint density at radius 1 is 0.846 bits per heavy atom. The minimum absolute atomic E-state index is 0.126. The van der Waals surface area contributed by atoms with E-state index in [1.165, 1.54) is 56.9 Å². The van der Waals surface area contributed by atoms with Crippen LogP contribution in [0.4, 0.5) is 0 Å². The van der Waals surface area contributed by atoms with E-state index in [0.717, 1.165) is 65.2 Å². The van der Waals surface area contributed by atoms with Gasteiger partial charge in [0.25, 0.3) is 10.1 Å². The maximum Gasteiger partial charge on any atom is 0.264 e. The molecule has 0 aromatic heterocycles. The third-order valence-electron chi connectivity index (χ3n) is 8.88. The van der Waals surface area contributed by atoms with Crippen molar-refractivity contribution in [1.29, 1.82) is 0 Å². The molecule has 1 N–H and O–H groups in total. The smallest absolute Gasteiger partial charge is 0.264 e. The number of fused-ring (bicyclic) bond motifs is 1. The minimum atomic E-state index is -3.91. The summed E-state index contributed by atoms with van der Waals surface area (Å²) in [5.74, 6) is 4.17. The molecular weight excluding hydrogens is 508 g/mol. The molecule has 0 aliphatic carbocycles. The molecule has 0 bridgehead atoms. The summed E-state index contributed by atoms with van der Waals surface area (Å²) in [6.45, 7) is 18.5. The van der Waals surface area contributed by atoms with E-state index in [-0.39, 0.29) is 11.4 Å². The summed E-state index contributed by atoms with van der Waals surface area (Å²) in [5, 5.41) is 0. The molecule has 2 rings (SSSR count). The SMILES string of the molecule is Cc1c(C)c2c(c(C)c1OCCCCS(=O)(=O)O)CC[C@@](C)(CCC[C@H](C)CCC[C@H](C)CCCC(C)C)O2. The molecule has 226 valence electrons. The number of rotatable bonds is 18. The van der Waals surface area contributed by atoms with Crippen LogP contribution < -0.4 is 9.47 Å². The second-order valence-corrected chi connectivity index (χ2v) is 14.8. The number of hydrogen-bond acceptors (Lipinski definition) is 4. The van der Waals surface area contributed by atoms with Gasteiger partial charge < -0.3 is 9.47 Å². The normalized spacial score (nSPS) is 19.0. The largest absolute Gasteiger partial charge is 0.493 e. The molecular formula is C33H58O5S. The number of benzene rings is 1. The highest BCUT2D eigenvalue weighted by Crippen LogP contribution is 2.45. The van der Waals surface area contributed by atoms with E-state index in [9.17, 15) is 8.42 Å². The Morgan fingerprint density at radius 2 is 1.44 bits per heavy atom. The lowest BCUT2D eigenvalue weighted by Crippen LogP contribution is -2.37. The van der Waals surface area contributed by atoms with Crippen molar-refractivity contribution in [1.82, 2.24) is 0 Å². The van der Waals surface area contributed by atoms with Crippen molar-refractivity contribution in [3.05, 3.63) is 22.3 Å². The fourth-order valence-electron chi connectivity index (χ4n) is 6.04. The molecule has 39 heavy (non-hydrogen) atoms. The van der Waals surface area contributed by atoms with E-state index in [1.807, 2.05) is 0 Å². The zero-order valence-electron chi connectivity index (χ0n) is 26.3. The van der Waals surface area contributed by atoms with E-state index in [4.69, 9.17) is 14.0 Å². The van der Waals surface area contributed by atoms with Gasteiger partial charge in [-0.15, -0.1) is 0 Å². The molecule has 0 amide bonds. The van der Waals surface area contributed by atoms with Gasteiger partial charge in [0.15, 0.2) is 0 Å². The van der Waals surface area contributed by atoms with Crippen molar-refractivity contribution >= 4 is 10.1 Å². The Morgan fingerprint density at radius 3 is 2.03 bits per heavy atom. The van der Waals surface area contributed by atoms with Crippen LogP contribution in [0.25, 0.3) is 0 Å². The first-order valence-electron chi connectivity index (χ1n) is 15.6. The van der Waals surface area contributed by atoms with Crippen LogP contribution in [-0.4, -0.2) is 30.9 Å². The molecule has 0 spiro atoms. The lowest BCUT2D eigenvalue weighted by molar-refractivity contribution is 0.0511. The molecule has 0 saturated carbocycles. The summed E-state index contributed by atoms with van der Waals surface area (Å²) < 4.78 is 43.7. The lowest BCUT2D eigenvalue weighted by Gasteiger charge is -2.38. The van der Waals surface area contributed by atoms with Crippen LogP contribution in [0, 0.1) is 38.5 Å². The number of ether oxygens (including phenoxy) is 2. The van der Waals surface area contributed by atoms with E-state index in [0.29, 0.717) is 19.4 Å². The second kappa shape index (κ2) is 15.7. The molecule has 1 aliphatic heterocycles. The van der Waals surface area contributed by atoms with Gasteiger partial charge in [-0.05, 0) is 101 Å². The van der Waals surface area contributed by atoms with Crippen LogP contribution in [0.2, 0.25) is 0 Å². The first-order valence-corrected chi connectivity index (χ1v) is 17.2. The summed E-state index contributed by atoms with van der Waals surface area (Å²) in [5.41, 5.74) is 4.50. The predicted molar refractivity (Wildman–Crippen MR) is 164 cm³/mol. The van der Waals surface area contributed by atoms with Crippen LogP contribution in [0.5, 0.6) is 11.5 Å². The molecule has 1 aromatic carbocycles. The zero-order chi connectivity index (χ0) is 29.2. The van der Waals surface area contributed by atoms with Gasteiger partial charge >= 0.3 is 0 Å². The molecule has 0 fully saturated rings. The fraction of sp³-hybridized carbons (Fsp3) is 0.818. The molecule has 5 nitrogen and oxygen atoms in total. The first-order chi connectivity index (χ1) is 18.2. The van der Waals surface area contributed by atoms with Crippen molar-refractivity contribution in [3.8, 4) is 11.5 Å². The van der Waals surface area contributed by atoms with Gasteiger partial charge in [-0.1, -0.05) is 72.6 Å². The summed E-state index contributed by atoms with van der Waals surface area (Å²) in [6.07, 6.45) is 14.7. The third kappa shape index (κ3) is 11.6. The van der Waals surface area contributed by atoms with Gasteiger partial charge in [0.05, 0.1) is 12.4 Å². The molecule has 0 unspecified atom stereocenters. The van der Waals surface area contributed by atoms with E-state index in [1.54, 1.807) is 0 Å². The van der Waals surface area contributed by atoms with E-state index in [2.05, 4.69) is 55.4 Å². The van der Waals surface area contributed by atoms with Crippen LogP contribution in [0.15, 0.2) is 0 Å². The maximum absolute atomic E-state index is 10.9. The van der Waals surface area contributed by atoms with Crippen LogP contribution in [0.1, 0.15) is 134 Å². The van der Waals surface area contributed by atoms with Gasteiger partial charge in [0.1, 0.15) is 17.1 Å². The molecule has 0 radical (unpaired) electrons. The summed E-state index contributed by atoms with van der Waals surface area (Å²) >= 11 is 0. The predicted octanol–water partition coefficient (Wildman–Crippen LogP) is 9.18. The average Bonchev–Trinajstić information content (AvgIpc) is 2.83. The van der Waals surface area contributed by atoms with E-state index < -0.39 is 10.1 Å². The lowest BCUT2D eigenvalue weighted by atomic mass is 9.83. The molecule has 0 saturated heterocycles. The Balaban J connectivity index is 1.83. The van der Waals surface area contributed by atoms with Gasteiger partial charge in [-0.2, -0.15) is 8.42 Å². The van der Waals surface area contributed by atoms with Crippen molar-refractivity contribution in [2.75, 3.05) is 12.4 Å². The molecule has 6 heteroatoms. The highest BCUT2D eigenvalue weighted by molar-refractivity contribution is 7.85. The number of unbranched alkanes of at least 4 members (excludes halogenated alkanes) is 1. The Kier molecular flexibility index (Phi) is 13.6. The van der Waals surface area contributed by atoms with Crippen molar-refractivity contribution < 1.29 is 22.4 Å². The first kappa shape index (κ1) is 33.9. The van der Waals surface area contributed by atoms with Crippen LogP contribution in [0.3, 0.4) is 0 Å². The number of hydrogen-bond donors (Lipinski definition) is 1. The summed E-state index contributed by atoms with van der Waals surface area (Å²) in [4.78, 5) is 0. The second-order valence-electron chi connectivity index (χ2n) is 13.3. The molecule has 1 aromatic rings. The minimum Gasteiger partial charge on any atom is -0.493 e. The topological polar surface area (TPSA) is 72.8 Å². The molecule has 3 atom stereocenters. The van der Waals surface area contributed by atoms with Gasteiger partial charge in [0.2, 0.25) is 0 Å². The highest BCUT2D eigenvalue weighted by Gasteiger charge is 2.34. The van der Waals surface area contributed by atoms with Crippen molar-refractivity contribution in [3.63, 3.8) is 0 Å². The summed E-state index contributed by atoms with van der Waals surface area (Å²) in [6, 6.07) is 0. The van der Waals surface area contributed by atoms with Gasteiger partial charge in [-0.25, -0.2) is 0 Å². The monoisotopic (exact) mass is 566 g/mol. The average molecular weight is 567 g/mol. The van der Waals surface area contributed by atoms with Gasteiger partial charge in [-0.3, -0.25) is 4.55 Å². The summed E-state index contributed by atoms with van der Waals surface area (Å²) in [7, 11) is -3.91. The zero-order valence-corrected chi connectivity index (χ0v) is 27.1. The maximum atomic E-state index is 10.9. The standard InChI is InChI=1S/C33H58O5S/c1-24(2)14-11-15-25(3)16-12-17-26(4)18-13-20-33(8)21-19-30-29(7)31(27(5)28(6)32(30)38-33)37-22-9-10-23-39(34,35)36/h24-26H,9-23H2,1-8H3,(H,34,35,36)/t25-,26-,33-/m1/s1. The quantitative estimate of drug-likeness (QED) is 0.142. The van der Waals surface area contributed by atoms with E-state index >= 15 is 0 Å². The Bertz CT molecular complexity index is 1000. The van der Waals surface area contributed by atoms with Crippen molar-refractivity contribution in [2.24, 2.45) is 17.8 Å². The molecule has 1 heterocycles. The Labute approximate surface area is 240 Å². The van der Waals surface area contributed by atoms with Gasteiger partial charge in [0, 0.05) is 5.56 Å². The third-order valence-corrected chi connectivity index (χ3v) is 9.69. The van der Waals surface area contributed by atoms with Crippen molar-refractivity contribution in [2.45, 2.75) is 144 Å².